The molecule has 0 N–H and O–H groups in total. The fraction of sp³-hybridized carbons (Fsp3) is 0.522. The molecule has 0 spiro atoms. The van der Waals surface area contributed by atoms with Gasteiger partial charge in [0.25, 0.3) is 0 Å². The fourth-order valence-electron chi connectivity index (χ4n) is 4.26. The van der Waals surface area contributed by atoms with Gasteiger partial charge in [0.2, 0.25) is 0 Å². The molecule has 1 heterocycles. The molecule has 3 rings (SSSR count). The molecule has 5 heteroatoms. The largest absolute Gasteiger partial charge is 0.433 e. The van der Waals surface area contributed by atoms with Crippen molar-refractivity contribution in [3.05, 3.63) is 53.6 Å². The fourth-order valence-corrected chi connectivity index (χ4v) is 4.26. The van der Waals surface area contributed by atoms with Gasteiger partial charge in [-0.3, -0.25) is 4.98 Å². The number of rotatable bonds is 6. The summed E-state index contributed by atoms with van der Waals surface area (Å²) in [5, 5.41) is 0. The van der Waals surface area contributed by atoms with E-state index in [-0.39, 0.29) is 5.56 Å². The highest BCUT2D eigenvalue weighted by Crippen LogP contribution is 2.34. The molecule has 0 saturated heterocycles. The van der Waals surface area contributed by atoms with Crippen LogP contribution in [0.15, 0.2) is 36.5 Å². The van der Waals surface area contributed by atoms with Crippen LogP contribution in [0.2, 0.25) is 0 Å². The van der Waals surface area contributed by atoms with Crippen molar-refractivity contribution in [3.8, 4) is 11.1 Å². The molecule has 0 radical (unpaired) electrons. The van der Waals surface area contributed by atoms with Crippen molar-refractivity contribution in [2.24, 2.45) is 11.8 Å². The molecule has 1 fully saturated rings. The van der Waals surface area contributed by atoms with Crippen LogP contribution in [0.4, 0.5) is 17.6 Å². The zero-order valence-electron chi connectivity index (χ0n) is 16.2. The smallest absolute Gasteiger partial charge is 0.251 e. The van der Waals surface area contributed by atoms with Gasteiger partial charge >= 0.3 is 6.18 Å². The van der Waals surface area contributed by atoms with Crippen molar-refractivity contribution < 1.29 is 17.6 Å². The average Bonchev–Trinajstić information content (AvgIpc) is 2.67. The van der Waals surface area contributed by atoms with Gasteiger partial charge in [0.15, 0.2) is 0 Å². The van der Waals surface area contributed by atoms with Gasteiger partial charge in [0, 0.05) is 17.3 Å². The number of benzene rings is 1. The third-order valence-corrected chi connectivity index (χ3v) is 5.90. The van der Waals surface area contributed by atoms with Crippen LogP contribution in [0, 0.1) is 17.7 Å². The van der Waals surface area contributed by atoms with E-state index in [2.05, 4.69) is 11.9 Å². The molecule has 0 bridgehead atoms. The highest BCUT2D eigenvalue weighted by atomic mass is 19.4. The van der Waals surface area contributed by atoms with E-state index in [4.69, 9.17) is 0 Å². The molecule has 2 aromatic rings. The number of hydrogen-bond donors (Lipinski definition) is 0. The van der Waals surface area contributed by atoms with E-state index < -0.39 is 17.7 Å². The molecule has 0 atom stereocenters. The van der Waals surface area contributed by atoms with E-state index in [1.54, 1.807) is 6.07 Å². The Labute approximate surface area is 164 Å². The lowest BCUT2D eigenvalue weighted by Gasteiger charge is -2.28. The van der Waals surface area contributed by atoms with Crippen LogP contribution in [0.5, 0.6) is 0 Å². The summed E-state index contributed by atoms with van der Waals surface area (Å²) in [4.78, 5) is 3.41. The topological polar surface area (TPSA) is 12.9 Å². The lowest BCUT2D eigenvalue weighted by atomic mass is 9.78. The first kappa shape index (κ1) is 20.8. The van der Waals surface area contributed by atoms with E-state index in [9.17, 15) is 17.6 Å². The maximum atomic E-state index is 14.5. The molecule has 0 amide bonds. The predicted molar refractivity (Wildman–Crippen MR) is 103 cm³/mol. The molecule has 1 saturated carbocycles. The maximum Gasteiger partial charge on any atom is 0.433 e. The van der Waals surface area contributed by atoms with Gasteiger partial charge in [-0.05, 0) is 42.4 Å². The number of nitrogens with zero attached hydrogens (tertiary/aromatic N) is 1. The molecule has 1 nitrogen and oxygen atoms in total. The van der Waals surface area contributed by atoms with Crippen molar-refractivity contribution in [1.82, 2.24) is 4.98 Å². The first-order valence-corrected chi connectivity index (χ1v) is 10.2. The average molecular weight is 393 g/mol. The molecule has 152 valence electrons. The Morgan fingerprint density at radius 2 is 1.64 bits per heavy atom. The van der Waals surface area contributed by atoms with Crippen LogP contribution in [0.3, 0.4) is 0 Å². The van der Waals surface area contributed by atoms with Crippen molar-refractivity contribution in [2.75, 3.05) is 0 Å². The molecule has 1 aliphatic carbocycles. The Hall–Kier alpha value is -1.91. The monoisotopic (exact) mass is 393 g/mol. The summed E-state index contributed by atoms with van der Waals surface area (Å²) in [7, 11) is 0. The van der Waals surface area contributed by atoms with E-state index >= 15 is 0 Å². The van der Waals surface area contributed by atoms with Gasteiger partial charge in [-0.15, -0.1) is 0 Å². The lowest BCUT2D eigenvalue weighted by molar-refractivity contribution is -0.141. The number of hydrogen-bond acceptors (Lipinski definition) is 1. The Bertz CT molecular complexity index is 759. The first-order chi connectivity index (χ1) is 13.4. The third kappa shape index (κ3) is 5.33. The standard InChI is InChI=1S/C23H27F4N/c1-2-3-16-4-6-17(7-5-16)8-9-18-10-12-20(21(24)14-18)19-11-13-22(28-15-19)23(25,26)27/h10-17H,2-9H2,1H3/t16-,17-. The second-order valence-corrected chi connectivity index (χ2v) is 7.96. The first-order valence-electron chi connectivity index (χ1n) is 10.2. The lowest BCUT2D eigenvalue weighted by Crippen LogP contribution is -2.15. The number of aryl methyl sites for hydroxylation is 1. The van der Waals surface area contributed by atoms with Gasteiger partial charge in [-0.2, -0.15) is 13.2 Å². The van der Waals surface area contributed by atoms with Crippen LogP contribution >= 0.6 is 0 Å². The number of halogens is 4. The van der Waals surface area contributed by atoms with Crippen molar-refractivity contribution in [1.29, 1.82) is 0 Å². The molecule has 1 aromatic carbocycles. The maximum absolute atomic E-state index is 14.5. The third-order valence-electron chi connectivity index (χ3n) is 5.90. The normalized spacial score (nSPS) is 20.3. The summed E-state index contributed by atoms with van der Waals surface area (Å²) in [6.07, 6.45) is 6.25. The van der Waals surface area contributed by atoms with Crippen molar-refractivity contribution >= 4 is 0 Å². The van der Waals surface area contributed by atoms with Crippen LogP contribution in [-0.4, -0.2) is 4.98 Å². The Morgan fingerprint density at radius 1 is 0.964 bits per heavy atom. The van der Waals surface area contributed by atoms with E-state index in [0.717, 1.165) is 42.5 Å². The van der Waals surface area contributed by atoms with E-state index in [0.29, 0.717) is 5.56 Å². The molecule has 0 aliphatic heterocycles. The number of aromatic nitrogens is 1. The SMILES string of the molecule is CCC[C@H]1CC[C@H](CCc2ccc(-c3ccc(C(F)(F)F)nc3)c(F)c2)CC1. The Morgan fingerprint density at radius 3 is 2.18 bits per heavy atom. The van der Waals surface area contributed by atoms with Gasteiger partial charge in [0.1, 0.15) is 11.5 Å². The molecule has 0 unspecified atom stereocenters. The van der Waals surface area contributed by atoms with Crippen molar-refractivity contribution in [2.45, 2.75) is 64.5 Å². The second kappa shape index (κ2) is 9.06. The summed E-state index contributed by atoms with van der Waals surface area (Å²) < 4.78 is 52.4. The van der Waals surface area contributed by atoms with Crippen LogP contribution < -0.4 is 0 Å². The zero-order chi connectivity index (χ0) is 20.1. The van der Waals surface area contributed by atoms with E-state index in [1.807, 2.05) is 6.07 Å². The van der Waals surface area contributed by atoms with E-state index in [1.165, 1.54) is 50.7 Å². The number of alkyl halides is 3. The predicted octanol–water partition coefficient (Wildman–Crippen LogP) is 7.45. The second-order valence-electron chi connectivity index (χ2n) is 7.96. The summed E-state index contributed by atoms with van der Waals surface area (Å²) in [6.45, 7) is 2.24. The highest BCUT2D eigenvalue weighted by molar-refractivity contribution is 5.63. The summed E-state index contributed by atoms with van der Waals surface area (Å²) in [6, 6.07) is 7.18. The van der Waals surface area contributed by atoms with Crippen LogP contribution in [-0.2, 0) is 12.6 Å². The molecular weight excluding hydrogens is 366 g/mol. The van der Waals surface area contributed by atoms with Gasteiger partial charge < -0.3 is 0 Å². The number of pyridine rings is 1. The minimum absolute atomic E-state index is 0.282. The molecule has 1 aliphatic rings. The molecule has 1 aromatic heterocycles. The minimum atomic E-state index is -4.49. The zero-order valence-corrected chi connectivity index (χ0v) is 16.2. The van der Waals surface area contributed by atoms with Gasteiger partial charge in [0.05, 0.1) is 0 Å². The summed E-state index contributed by atoms with van der Waals surface area (Å²) >= 11 is 0. The minimum Gasteiger partial charge on any atom is -0.251 e. The Balaban J connectivity index is 1.58. The summed E-state index contributed by atoms with van der Waals surface area (Å²) in [5.74, 6) is 1.19. The van der Waals surface area contributed by atoms with Gasteiger partial charge in [-0.25, -0.2) is 4.39 Å². The Kier molecular flexibility index (Phi) is 6.73. The van der Waals surface area contributed by atoms with Gasteiger partial charge in [-0.1, -0.05) is 63.6 Å². The highest BCUT2D eigenvalue weighted by Gasteiger charge is 2.32. The summed E-state index contributed by atoms with van der Waals surface area (Å²) in [5.41, 5.74) is 0.607. The van der Waals surface area contributed by atoms with Crippen molar-refractivity contribution in [3.63, 3.8) is 0 Å². The quantitative estimate of drug-likeness (QED) is 0.465. The molecular formula is C23H27F4N. The van der Waals surface area contributed by atoms with Crippen LogP contribution in [0.25, 0.3) is 11.1 Å². The van der Waals surface area contributed by atoms with Crippen LogP contribution in [0.1, 0.15) is 63.1 Å². The molecule has 28 heavy (non-hydrogen) atoms.